The van der Waals surface area contributed by atoms with E-state index in [1.54, 1.807) is 6.07 Å². The van der Waals surface area contributed by atoms with Gasteiger partial charge in [-0.25, -0.2) is 0 Å². The second-order valence-electron chi connectivity index (χ2n) is 4.01. The quantitative estimate of drug-likeness (QED) is 0.884. The first kappa shape index (κ1) is 11.9. The third-order valence-electron chi connectivity index (χ3n) is 2.99. The maximum absolute atomic E-state index is 6.00. The molecule has 0 amide bonds. The number of nitrogens with two attached hydrogens (primary N) is 1. The molecule has 0 atom stereocenters. The topological polar surface area (TPSA) is 55.0 Å². The highest BCUT2D eigenvalue weighted by Crippen LogP contribution is 2.28. The lowest BCUT2D eigenvalue weighted by Gasteiger charge is -2.33. The summed E-state index contributed by atoms with van der Waals surface area (Å²) < 4.78 is 0. The van der Waals surface area contributed by atoms with Crippen LogP contribution in [-0.2, 0) is 0 Å². The number of hydrogen-bond donors (Lipinski definition) is 1. The van der Waals surface area contributed by atoms with E-state index in [9.17, 15) is 0 Å². The van der Waals surface area contributed by atoms with Gasteiger partial charge in [0, 0.05) is 19.2 Å². The van der Waals surface area contributed by atoms with Gasteiger partial charge in [0.05, 0.1) is 5.69 Å². The summed E-state index contributed by atoms with van der Waals surface area (Å²) in [7, 11) is 0. The van der Waals surface area contributed by atoms with E-state index >= 15 is 0 Å². The van der Waals surface area contributed by atoms with E-state index in [1.165, 1.54) is 0 Å². The molecule has 1 aromatic rings. The van der Waals surface area contributed by atoms with Crippen molar-refractivity contribution in [3.8, 4) is 0 Å². The molecule has 1 aliphatic rings. The molecule has 0 aliphatic carbocycles. The Bertz CT molecular complexity index is 364. The number of anilines is 1. The highest BCUT2D eigenvalue weighted by molar-refractivity contribution is 6.33. The Morgan fingerprint density at radius 2 is 2.00 bits per heavy atom. The Morgan fingerprint density at radius 3 is 2.62 bits per heavy atom. The van der Waals surface area contributed by atoms with Crippen molar-refractivity contribution in [2.45, 2.75) is 12.8 Å². The van der Waals surface area contributed by atoms with Crippen molar-refractivity contribution in [1.29, 1.82) is 0 Å². The molecule has 1 fully saturated rings. The van der Waals surface area contributed by atoms with Crippen molar-refractivity contribution >= 4 is 28.9 Å². The first-order chi connectivity index (χ1) is 7.70. The molecule has 1 saturated heterocycles. The molecule has 2 rings (SSSR count). The summed E-state index contributed by atoms with van der Waals surface area (Å²) in [5.41, 5.74) is 6.53. The maximum Gasteiger partial charge on any atom is 0.175 e. The number of halogens is 2. The normalized spacial score (nSPS) is 17.8. The smallest absolute Gasteiger partial charge is 0.175 e. The summed E-state index contributed by atoms with van der Waals surface area (Å²) in [4.78, 5) is 2.19. The van der Waals surface area contributed by atoms with Gasteiger partial charge in [0.2, 0.25) is 0 Å². The number of hydrogen-bond acceptors (Lipinski definition) is 4. The Hall–Kier alpha value is -0.580. The van der Waals surface area contributed by atoms with Crippen molar-refractivity contribution in [3.05, 3.63) is 16.4 Å². The van der Waals surface area contributed by atoms with Crippen molar-refractivity contribution in [2.24, 2.45) is 11.7 Å². The molecule has 0 aromatic carbocycles. The molecule has 4 nitrogen and oxygen atoms in total. The fourth-order valence-electron chi connectivity index (χ4n) is 1.98. The first-order valence-corrected chi connectivity index (χ1v) is 6.10. The molecule has 1 aromatic heterocycles. The van der Waals surface area contributed by atoms with Crippen LogP contribution >= 0.6 is 23.2 Å². The third kappa shape index (κ3) is 2.56. The van der Waals surface area contributed by atoms with Crippen LogP contribution in [0.3, 0.4) is 0 Å². The minimum atomic E-state index is 0.375. The van der Waals surface area contributed by atoms with Gasteiger partial charge < -0.3 is 10.6 Å². The maximum atomic E-state index is 6.00. The zero-order chi connectivity index (χ0) is 11.5. The van der Waals surface area contributed by atoms with E-state index in [0.29, 0.717) is 16.2 Å². The van der Waals surface area contributed by atoms with Gasteiger partial charge in [-0.05, 0) is 25.3 Å². The fraction of sp³-hybridized carbons (Fsp3) is 0.600. The highest BCUT2D eigenvalue weighted by atomic mass is 35.5. The first-order valence-electron chi connectivity index (χ1n) is 5.34. The Balaban J connectivity index is 2.10. The third-order valence-corrected chi connectivity index (χ3v) is 3.44. The molecule has 88 valence electrons. The second-order valence-corrected chi connectivity index (χ2v) is 4.75. The number of piperidine rings is 1. The Morgan fingerprint density at radius 1 is 1.31 bits per heavy atom. The van der Waals surface area contributed by atoms with Gasteiger partial charge >= 0.3 is 0 Å². The van der Waals surface area contributed by atoms with Gasteiger partial charge in [0.15, 0.2) is 10.3 Å². The van der Waals surface area contributed by atoms with Crippen LogP contribution in [0.1, 0.15) is 12.8 Å². The van der Waals surface area contributed by atoms with Crippen LogP contribution in [0.2, 0.25) is 10.3 Å². The van der Waals surface area contributed by atoms with Gasteiger partial charge in [0.25, 0.3) is 0 Å². The van der Waals surface area contributed by atoms with Crippen molar-refractivity contribution in [1.82, 2.24) is 10.2 Å². The minimum absolute atomic E-state index is 0.375. The van der Waals surface area contributed by atoms with Crippen LogP contribution in [0.25, 0.3) is 0 Å². The van der Waals surface area contributed by atoms with Gasteiger partial charge in [-0.3, -0.25) is 0 Å². The Labute approximate surface area is 105 Å². The monoisotopic (exact) mass is 260 g/mol. The summed E-state index contributed by atoms with van der Waals surface area (Å²) >= 11 is 11.8. The highest BCUT2D eigenvalue weighted by Gasteiger charge is 2.20. The average Bonchev–Trinajstić information content (AvgIpc) is 2.32. The fourth-order valence-corrected chi connectivity index (χ4v) is 2.33. The molecule has 6 heteroatoms. The van der Waals surface area contributed by atoms with Crippen molar-refractivity contribution < 1.29 is 0 Å². The minimum Gasteiger partial charge on any atom is -0.369 e. The van der Waals surface area contributed by atoms with E-state index in [4.69, 9.17) is 28.9 Å². The van der Waals surface area contributed by atoms with E-state index < -0.39 is 0 Å². The van der Waals surface area contributed by atoms with Crippen LogP contribution < -0.4 is 10.6 Å². The van der Waals surface area contributed by atoms with E-state index in [-0.39, 0.29) is 0 Å². The molecular weight excluding hydrogens is 247 g/mol. The van der Waals surface area contributed by atoms with Crippen LogP contribution in [0.15, 0.2) is 6.07 Å². The molecule has 0 spiro atoms. The summed E-state index contributed by atoms with van der Waals surface area (Å²) in [6, 6.07) is 1.76. The molecule has 1 aliphatic heterocycles. The van der Waals surface area contributed by atoms with Crippen molar-refractivity contribution in [2.75, 3.05) is 24.5 Å². The molecule has 0 saturated carbocycles. The Kier molecular flexibility index (Phi) is 3.84. The van der Waals surface area contributed by atoms with Crippen LogP contribution in [0.5, 0.6) is 0 Å². The van der Waals surface area contributed by atoms with Gasteiger partial charge in [-0.1, -0.05) is 23.2 Å². The predicted molar refractivity (Wildman–Crippen MR) is 66.0 cm³/mol. The SMILES string of the molecule is NCC1CCN(c2cc(Cl)nnc2Cl)CC1. The van der Waals surface area contributed by atoms with Crippen LogP contribution in [-0.4, -0.2) is 29.8 Å². The number of aromatic nitrogens is 2. The average molecular weight is 261 g/mol. The number of rotatable bonds is 2. The largest absolute Gasteiger partial charge is 0.369 e. The molecule has 0 radical (unpaired) electrons. The van der Waals surface area contributed by atoms with E-state index in [1.807, 2.05) is 0 Å². The zero-order valence-corrected chi connectivity index (χ0v) is 10.4. The summed E-state index contributed by atoms with van der Waals surface area (Å²) in [5.74, 6) is 0.625. The zero-order valence-electron chi connectivity index (χ0n) is 8.87. The lowest BCUT2D eigenvalue weighted by Crippen LogP contribution is -2.36. The molecule has 0 bridgehead atoms. The lowest BCUT2D eigenvalue weighted by atomic mass is 9.97. The number of nitrogens with zero attached hydrogens (tertiary/aromatic N) is 3. The summed E-state index contributed by atoms with van der Waals surface area (Å²) in [6.45, 7) is 2.66. The molecule has 16 heavy (non-hydrogen) atoms. The predicted octanol–water partition coefficient (Wildman–Crippen LogP) is 1.96. The van der Waals surface area contributed by atoms with Crippen LogP contribution in [0.4, 0.5) is 5.69 Å². The van der Waals surface area contributed by atoms with Gasteiger partial charge in [-0.15, -0.1) is 10.2 Å². The van der Waals surface area contributed by atoms with Crippen LogP contribution in [0, 0.1) is 5.92 Å². The molecule has 0 unspecified atom stereocenters. The van der Waals surface area contributed by atoms with Crippen molar-refractivity contribution in [3.63, 3.8) is 0 Å². The second kappa shape index (κ2) is 5.17. The summed E-state index contributed by atoms with van der Waals surface area (Å²) in [5, 5.41) is 8.30. The van der Waals surface area contributed by atoms with Gasteiger partial charge in [0.1, 0.15) is 0 Å². The van der Waals surface area contributed by atoms with Gasteiger partial charge in [-0.2, -0.15) is 0 Å². The molecular formula is C10H14Cl2N4. The van der Waals surface area contributed by atoms with E-state index in [2.05, 4.69) is 15.1 Å². The molecule has 2 heterocycles. The molecule has 2 N–H and O–H groups in total. The summed E-state index contributed by atoms with van der Waals surface area (Å²) in [6.07, 6.45) is 2.18. The lowest BCUT2D eigenvalue weighted by molar-refractivity contribution is 0.414. The van der Waals surface area contributed by atoms with E-state index in [0.717, 1.165) is 38.2 Å². The standard InChI is InChI=1S/C10H14Cl2N4/c11-9-5-8(10(12)15-14-9)16-3-1-7(6-13)2-4-16/h5,7H,1-4,6,13H2.